The average molecular weight is 605 g/mol. The van der Waals surface area contributed by atoms with Crippen molar-refractivity contribution in [2.75, 3.05) is 13.2 Å². The van der Waals surface area contributed by atoms with E-state index < -0.39 is 20.0 Å². The molecular formula is C32H37GeO3PS. The van der Waals surface area contributed by atoms with Crippen molar-refractivity contribution in [3.05, 3.63) is 127 Å². The molecule has 6 heteroatoms. The van der Waals surface area contributed by atoms with Crippen LogP contribution in [0.2, 0.25) is 4.75 Å². The van der Waals surface area contributed by atoms with Gasteiger partial charge in [-0.25, -0.2) is 0 Å². The third-order valence-corrected chi connectivity index (χ3v) is 21.0. The van der Waals surface area contributed by atoms with Crippen LogP contribution in [0.1, 0.15) is 38.9 Å². The zero-order valence-electron chi connectivity index (χ0n) is 22.4. The van der Waals surface area contributed by atoms with Gasteiger partial charge in [0.05, 0.1) is 0 Å². The van der Waals surface area contributed by atoms with Crippen LogP contribution in [0, 0.1) is 0 Å². The van der Waals surface area contributed by atoms with Gasteiger partial charge in [0.25, 0.3) is 0 Å². The normalized spacial score (nSPS) is 13.7. The Hall–Kier alpha value is -2.05. The summed E-state index contributed by atoms with van der Waals surface area (Å²) in [6, 6.07) is 43.6. The minimum absolute atomic E-state index is 0.253. The molecule has 4 aromatic carbocycles. The second kappa shape index (κ2) is 13.8. The Kier molecular flexibility index (Phi) is 10.5. The first-order valence-corrected chi connectivity index (χ1v) is 20.2. The van der Waals surface area contributed by atoms with Crippen molar-refractivity contribution in [1.29, 1.82) is 0 Å². The van der Waals surface area contributed by atoms with Gasteiger partial charge in [-0.05, 0) is 0 Å². The first kappa shape index (κ1) is 28.9. The predicted octanol–water partition coefficient (Wildman–Crippen LogP) is 6.99. The fourth-order valence-electron chi connectivity index (χ4n) is 5.43. The number of benzene rings is 4. The SMILES string of the molecule is CCOP(=S)(OCC)OC(C[CH](C)[Ge]([c]1ccccc1)([c]1ccccc1)[c]1ccccc1)c1ccccc1. The predicted molar refractivity (Wildman–Crippen MR) is 166 cm³/mol. The number of rotatable bonds is 13. The molecule has 4 rings (SSSR count). The van der Waals surface area contributed by atoms with Gasteiger partial charge in [-0.2, -0.15) is 0 Å². The van der Waals surface area contributed by atoms with Crippen LogP contribution in [0.25, 0.3) is 0 Å². The van der Waals surface area contributed by atoms with Gasteiger partial charge in [0.1, 0.15) is 0 Å². The van der Waals surface area contributed by atoms with E-state index in [-0.39, 0.29) is 6.10 Å². The van der Waals surface area contributed by atoms with Gasteiger partial charge in [-0.1, -0.05) is 0 Å². The van der Waals surface area contributed by atoms with Crippen molar-refractivity contribution >= 4 is 45.0 Å². The minimum atomic E-state index is -3.25. The molecule has 0 saturated carbocycles. The molecule has 4 aromatic rings. The molecule has 0 radical (unpaired) electrons. The molecular weight excluding hydrogens is 568 g/mol. The van der Waals surface area contributed by atoms with Crippen LogP contribution >= 0.6 is 6.72 Å². The van der Waals surface area contributed by atoms with Crippen LogP contribution in [-0.2, 0) is 25.4 Å². The molecule has 0 fully saturated rings. The van der Waals surface area contributed by atoms with Gasteiger partial charge in [0.15, 0.2) is 0 Å². The summed E-state index contributed by atoms with van der Waals surface area (Å²) in [7, 11) is 0. The summed E-state index contributed by atoms with van der Waals surface area (Å²) >= 11 is 2.61. The van der Waals surface area contributed by atoms with Crippen LogP contribution in [0.15, 0.2) is 121 Å². The Morgan fingerprint density at radius 2 is 1.00 bits per heavy atom. The molecule has 2 atom stereocenters. The van der Waals surface area contributed by atoms with Crippen molar-refractivity contribution in [2.45, 2.75) is 38.0 Å². The van der Waals surface area contributed by atoms with Crippen molar-refractivity contribution in [3.63, 3.8) is 0 Å². The van der Waals surface area contributed by atoms with Crippen LogP contribution in [0.3, 0.4) is 0 Å². The van der Waals surface area contributed by atoms with Crippen LogP contribution in [0.5, 0.6) is 0 Å². The Bertz CT molecular complexity index is 1180. The van der Waals surface area contributed by atoms with E-state index in [4.69, 9.17) is 25.4 Å². The van der Waals surface area contributed by atoms with E-state index >= 15 is 0 Å². The summed E-state index contributed by atoms with van der Waals surface area (Å²) in [5.74, 6) is 0. The molecule has 198 valence electrons. The number of hydrogen-bond acceptors (Lipinski definition) is 4. The molecule has 0 saturated heterocycles. The summed E-state index contributed by atoms with van der Waals surface area (Å²) in [5.41, 5.74) is 1.10. The van der Waals surface area contributed by atoms with Gasteiger partial charge >= 0.3 is 237 Å². The third-order valence-electron chi connectivity index (χ3n) is 7.00. The second-order valence-corrected chi connectivity index (χ2v) is 21.4. The van der Waals surface area contributed by atoms with Gasteiger partial charge in [-0.15, -0.1) is 0 Å². The van der Waals surface area contributed by atoms with Gasteiger partial charge < -0.3 is 0 Å². The summed E-state index contributed by atoms with van der Waals surface area (Å²) in [6.07, 6.45) is 0.539. The molecule has 0 heterocycles. The van der Waals surface area contributed by atoms with E-state index in [9.17, 15) is 0 Å². The quantitative estimate of drug-likeness (QED) is 0.121. The van der Waals surface area contributed by atoms with Gasteiger partial charge in [0.2, 0.25) is 0 Å². The summed E-state index contributed by atoms with van der Waals surface area (Å²) in [4.78, 5) is 0. The first-order chi connectivity index (χ1) is 18.5. The van der Waals surface area contributed by atoms with E-state index in [1.54, 1.807) is 0 Å². The molecule has 0 bridgehead atoms. The van der Waals surface area contributed by atoms with Crippen molar-refractivity contribution in [1.82, 2.24) is 0 Å². The fourth-order valence-corrected chi connectivity index (χ4v) is 19.1. The van der Waals surface area contributed by atoms with Crippen molar-refractivity contribution in [3.8, 4) is 0 Å². The fraction of sp³-hybridized carbons (Fsp3) is 0.250. The van der Waals surface area contributed by atoms with Gasteiger partial charge in [0, 0.05) is 0 Å². The molecule has 0 aliphatic rings. The summed E-state index contributed by atoms with van der Waals surface area (Å²) < 4.78 is 23.2. The van der Waals surface area contributed by atoms with Gasteiger partial charge in [-0.3, -0.25) is 0 Å². The standard InChI is InChI=1S/C32H37GeO3PS/c1-4-34-37(38,35-5-2)36-32(28-18-10-6-11-19-28)26-27(3)33(29-20-12-7-13-21-29,30-22-14-8-15-23-30)31-24-16-9-17-25-31/h6-25,27,32H,4-5,26H2,1-3H3. The number of hydrogen-bond donors (Lipinski definition) is 0. The van der Waals surface area contributed by atoms with Crippen molar-refractivity contribution in [2.24, 2.45) is 0 Å². The van der Waals surface area contributed by atoms with Crippen LogP contribution < -0.4 is 13.2 Å². The zero-order chi connectivity index (χ0) is 26.8. The average Bonchev–Trinajstić information content (AvgIpc) is 2.96. The van der Waals surface area contributed by atoms with E-state index in [0.717, 1.165) is 12.0 Å². The maximum atomic E-state index is 6.69. The molecule has 2 unspecified atom stereocenters. The molecule has 0 aromatic heterocycles. The van der Waals surface area contributed by atoms with Crippen molar-refractivity contribution < 1.29 is 13.6 Å². The summed E-state index contributed by atoms with van der Waals surface area (Å²) in [6.45, 7) is 4.26. The van der Waals surface area contributed by atoms with E-state index in [1.807, 2.05) is 19.9 Å². The second-order valence-electron chi connectivity index (χ2n) is 9.33. The third kappa shape index (κ3) is 6.56. The van der Waals surface area contributed by atoms with E-state index in [2.05, 4.69) is 122 Å². The molecule has 38 heavy (non-hydrogen) atoms. The Balaban J connectivity index is 1.87. The molecule has 0 aliphatic carbocycles. The molecule has 0 amide bonds. The maximum absolute atomic E-state index is 6.69. The van der Waals surface area contributed by atoms with Crippen LogP contribution in [-0.4, -0.2) is 26.5 Å². The Morgan fingerprint density at radius 3 is 1.37 bits per heavy atom. The van der Waals surface area contributed by atoms with E-state index in [1.165, 1.54) is 13.2 Å². The molecule has 0 aliphatic heterocycles. The Morgan fingerprint density at radius 1 is 0.632 bits per heavy atom. The molecule has 0 N–H and O–H groups in total. The Labute approximate surface area is 235 Å². The molecule has 0 spiro atoms. The topological polar surface area (TPSA) is 27.7 Å². The van der Waals surface area contributed by atoms with E-state index in [0.29, 0.717) is 18.0 Å². The van der Waals surface area contributed by atoms with Crippen LogP contribution in [0.4, 0.5) is 0 Å². The molecule has 3 nitrogen and oxygen atoms in total. The monoisotopic (exact) mass is 606 g/mol. The zero-order valence-corrected chi connectivity index (χ0v) is 26.2. The summed E-state index contributed by atoms with van der Waals surface area (Å²) in [5, 5.41) is 0. The first-order valence-electron chi connectivity index (χ1n) is 13.3.